The lowest BCUT2D eigenvalue weighted by molar-refractivity contribution is -0.170. The Morgan fingerprint density at radius 1 is 0.696 bits per heavy atom. The molecule has 4 atom stereocenters. The average molecular weight is 639 g/mol. The van der Waals surface area contributed by atoms with E-state index in [1.807, 2.05) is 0 Å². The van der Waals surface area contributed by atoms with Crippen molar-refractivity contribution in [1.29, 1.82) is 0 Å². The Labute approximate surface area is 260 Å². The number of carbonyl (C=O) groups is 4. The number of fused-ring (bicyclic) bond motifs is 4. The Morgan fingerprint density at radius 3 is 1.37 bits per heavy atom. The first kappa shape index (κ1) is 30.9. The molecule has 242 valence electrons. The van der Waals surface area contributed by atoms with E-state index in [1.54, 1.807) is 0 Å². The second-order valence-corrected chi connectivity index (χ2v) is 11.6. The maximum absolute atomic E-state index is 13.1. The monoisotopic (exact) mass is 638 g/mol. The van der Waals surface area contributed by atoms with E-state index in [4.69, 9.17) is 18.9 Å². The van der Waals surface area contributed by atoms with Gasteiger partial charge in [-0.15, -0.1) is 0 Å². The van der Waals surface area contributed by atoms with E-state index in [1.165, 1.54) is 26.0 Å². The number of esters is 2. The second-order valence-electron chi connectivity index (χ2n) is 11.6. The quantitative estimate of drug-likeness (QED) is 0.264. The van der Waals surface area contributed by atoms with Gasteiger partial charge in [-0.25, -0.2) is 9.59 Å². The van der Waals surface area contributed by atoms with Crippen LogP contribution in [0.3, 0.4) is 0 Å². The van der Waals surface area contributed by atoms with Crippen molar-refractivity contribution < 1.29 is 68.8 Å². The molecule has 2 aliphatic carbocycles. The van der Waals surface area contributed by atoms with Crippen LogP contribution in [0.15, 0.2) is 23.3 Å². The first-order valence-corrected chi connectivity index (χ1v) is 14.3. The molecular formula is C32H30O14. The zero-order chi connectivity index (χ0) is 33.6. The average Bonchev–Trinajstić information content (AvgIpc) is 3.00. The van der Waals surface area contributed by atoms with E-state index in [0.717, 1.165) is 14.2 Å². The van der Waals surface area contributed by atoms with Gasteiger partial charge in [-0.3, -0.25) is 9.59 Å². The molecule has 6 N–H and O–H groups in total. The van der Waals surface area contributed by atoms with Crippen molar-refractivity contribution in [3.05, 3.63) is 45.5 Å². The van der Waals surface area contributed by atoms with E-state index in [-0.39, 0.29) is 59.4 Å². The van der Waals surface area contributed by atoms with Gasteiger partial charge < -0.3 is 49.6 Å². The smallest absolute Gasteiger partial charge is 0.358 e. The number of aliphatic hydroxyl groups is 4. The minimum atomic E-state index is -2.40. The number of phenolic OH excluding ortho intramolecular Hbond substituents is 2. The topological polar surface area (TPSA) is 227 Å². The minimum Gasteiger partial charge on any atom is -0.506 e. The van der Waals surface area contributed by atoms with Crippen molar-refractivity contribution in [3.63, 3.8) is 0 Å². The fraction of sp³-hybridized carbons (Fsp3) is 0.375. The number of Topliss-reactive ketones (excluding diaryl/α,β-unsaturated/α-hetero) is 2. The molecule has 0 saturated heterocycles. The van der Waals surface area contributed by atoms with Crippen LogP contribution in [-0.2, 0) is 28.7 Å². The van der Waals surface area contributed by atoms with E-state index < -0.39 is 92.2 Å². The van der Waals surface area contributed by atoms with Crippen LogP contribution in [0.1, 0.15) is 47.9 Å². The Kier molecular flexibility index (Phi) is 6.87. The molecule has 2 fully saturated rings. The molecule has 46 heavy (non-hydrogen) atoms. The van der Waals surface area contributed by atoms with Crippen molar-refractivity contribution in [1.82, 2.24) is 0 Å². The first-order valence-electron chi connectivity index (χ1n) is 14.3. The lowest BCUT2D eigenvalue weighted by Crippen LogP contribution is -2.61. The van der Waals surface area contributed by atoms with Gasteiger partial charge in [-0.1, -0.05) is 0 Å². The van der Waals surface area contributed by atoms with Crippen molar-refractivity contribution in [2.75, 3.05) is 14.2 Å². The van der Waals surface area contributed by atoms with Gasteiger partial charge in [0.25, 0.3) is 11.2 Å². The Bertz CT molecular complexity index is 1720. The molecule has 4 aliphatic rings. The SMILES string of the molecule is COC(=O)[C@@]12Oc3cc(C)c(-c4c(C)cc5c(c4O)C(O)=C4C(=O)CC[C@@H](O)[C@]4(C(=O)OC)O5)c(O)c3C(O)=C1C(=O)CC[C@H]2O. The van der Waals surface area contributed by atoms with Crippen molar-refractivity contribution in [2.45, 2.75) is 62.9 Å². The molecule has 2 aliphatic heterocycles. The summed E-state index contributed by atoms with van der Waals surface area (Å²) in [6.07, 6.45) is -3.96. The molecule has 0 amide bonds. The fourth-order valence-corrected chi connectivity index (χ4v) is 7.04. The predicted molar refractivity (Wildman–Crippen MR) is 155 cm³/mol. The molecule has 0 spiro atoms. The molecule has 2 saturated carbocycles. The zero-order valence-corrected chi connectivity index (χ0v) is 25.1. The van der Waals surface area contributed by atoms with Crippen molar-refractivity contribution >= 4 is 35.0 Å². The summed E-state index contributed by atoms with van der Waals surface area (Å²) >= 11 is 0. The van der Waals surface area contributed by atoms with Crippen molar-refractivity contribution in [3.8, 4) is 34.1 Å². The van der Waals surface area contributed by atoms with Crippen molar-refractivity contribution in [2.24, 2.45) is 0 Å². The standard InChI is InChI=1S/C32H30O14/c1-11-9-15-21(27(39)23-13(33)5-7-17(35)31(23,45-15)29(41)43-3)25(37)19(11)20-12(2)10-16-22(26(20)38)28(40)24-14(34)6-8-18(36)32(24,46-16)30(42)44-4/h9-10,17-18,35-40H,5-8H2,1-4H3/t17-,18-,31+,32+/m1/s1. The third kappa shape index (κ3) is 3.70. The summed E-state index contributed by atoms with van der Waals surface area (Å²) in [5, 5.41) is 67.9. The molecule has 6 rings (SSSR count). The van der Waals surface area contributed by atoms with E-state index in [0.29, 0.717) is 0 Å². The number of methoxy groups -OCH3 is 2. The number of aliphatic hydroxyl groups excluding tert-OH is 4. The van der Waals surface area contributed by atoms with Gasteiger partial charge in [0.15, 0.2) is 11.6 Å². The number of ether oxygens (including phenoxy) is 4. The molecular weight excluding hydrogens is 608 g/mol. The summed E-state index contributed by atoms with van der Waals surface area (Å²) in [4.78, 5) is 52.0. The Hall–Kier alpha value is -5.08. The highest BCUT2D eigenvalue weighted by Gasteiger charge is 2.62. The maximum Gasteiger partial charge on any atom is 0.358 e. The van der Waals surface area contributed by atoms with Crippen LogP contribution in [0.25, 0.3) is 22.6 Å². The first-order chi connectivity index (χ1) is 21.7. The van der Waals surface area contributed by atoms with Gasteiger partial charge in [-0.05, 0) is 49.9 Å². The molecule has 14 heteroatoms. The zero-order valence-electron chi connectivity index (χ0n) is 25.1. The molecule has 14 nitrogen and oxygen atoms in total. The highest BCUT2D eigenvalue weighted by molar-refractivity contribution is 6.14. The van der Waals surface area contributed by atoms with Gasteiger partial charge in [-0.2, -0.15) is 0 Å². The van der Waals surface area contributed by atoms with Crippen LogP contribution < -0.4 is 9.47 Å². The maximum atomic E-state index is 13.1. The molecule has 2 aromatic rings. The molecule has 0 unspecified atom stereocenters. The van der Waals surface area contributed by atoms with E-state index in [2.05, 4.69) is 0 Å². The predicted octanol–water partition coefficient (Wildman–Crippen LogP) is 1.98. The summed E-state index contributed by atoms with van der Waals surface area (Å²) in [6, 6.07) is 2.62. The number of hydrogen-bond acceptors (Lipinski definition) is 14. The van der Waals surface area contributed by atoms with Crippen LogP contribution in [0.2, 0.25) is 0 Å². The summed E-state index contributed by atoms with van der Waals surface area (Å²) in [5.74, 6) is -7.35. The Morgan fingerprint density at radius 2 is 1.04 bits per heavy atom. The number of phenols is 2. The normalized spacial score (nSPS) is 26.7. The van der Waals surface area contributed by atoms with Crippen LogP contribution in [0.4, 0.5) is 0 Å². The second kappa shape index (κ2) is 10.2. The highest BCUT2D eigenvalue weighted by atomic mass is 16.6. The highest BCUT2D eigenvalue weighted by Crippen LogP contribution is 2.57. The number of carbonyl (C=O) groups excluding carboxylic acids is 4. The van der Waals surface area contributed by atoms with Gasteiger partial charge in [0.2, 0.25) is 0 Å². The summed E-state index contributed by atoms with van der Waals surface area (Å²) in [5.41, 5.74) is -6.62. The number of benzene rings is 2. The number of hydrogen-bond donors (Lipinski definition) is 6. The van der Waals surface area contributed by atoms with Gasteiger partial charge in [0.1, 0.15) is 57.9 Å². The molecule has 2 aromatic carbocycles. The summed E-state index contributed by atoms with van der Waals surface area (Å²) < 4.78 is 21.5. The summed E-state index contributed by atoms with van der Waals surface area (Å²) in [6.45, 7) is 3.00. The minimum absolute atomic E-state index is 0.0979. The molecule has 0 radical (unpaired) electrons. The Balaban J connectivity index is 1.61. The summed E-state index contributed by atoms with van der Waals surface area (Å²) in [7, 11) is 2.05. The largest absolute Gasteiger partial charge is 0.506 e. The third-order valence-corrected chi connectivity index (χ3v) is 9.17. The van der Waals surface area contributed by atoms with E-state index in [9.17, 15) is 49.8 Å². The van der Waals surface area contributed by atoms with Gasteiger partial charge in [0.05, 0.1) is 25.4 Å². The third-order valence-electron chi connectivity index (χ3n) is 9.17. The molecule has 2 heterocycles. The lowest BCUT2D eigenvalue weighted by Gasteiger charge is -2.43. The number of ketones is 2. The van der Waals surface area contributed by atoms with Crippen LogP contribution in [0.5, 0.6) is 23.0 Å². The lowest BCUT2D eigenvalue weighted by atomic mass is 9.73. The number of aromatic hydroxyl groups is 2. The molecule has 0 aromatic heterocycles. The van der Waals surface area contributed by atoms with E-state index >= 15 is 0 Å². The molecule has 0 bridgehead atoms. The fourth-order valence-electron chi connectivity index (χ4n) is 7.04. The van der Waals surface area contributed by atoms with Gasteiger partial charge >= 0.3 is 11.9 Å². The van der Waals surface area contributed by atoms with Crippen LogP contribution in [-0.4, -0.2) is 91.8 Å². The number of rotatable bonds is 3. The van der Waals surface area contributed by atoms with Gasteiger partial charge in [0, 0.05) is 24.0 Å². The van der Waals surface area contributed by atoms with Crippen LogP contribution in [0, 0.1) is 13.8 Å². The number of aryl methyl sites for hydroxylation is 2. The van der Waals surface area contributed by atoms with Crippen LogP contribution >= 0.6 is 0 Å².